The predicted octanol–water partition coefficient (Wildman–Crippen LogP) is 2.47. The molecule has 1 heterocycles. The van der Waals surface area contributed by atoms with E-state index in [2.05, 4.69) is 5.32 Å². The first kappa shape index (κ1) is 22.4. The van der Waals surface area contributed by atoms with Gasteiger partial charge in [0.2, 0.25) is 0 Å². The van der Waals surface area contributed by atoms with Crippen LogP contribution >= 0.6 is 0 Å². The van der Waals surface area contributed by atoms with E-state index in [1.807, 2.05) is 4.90 Å². The third-order valence-corrected chi connectivity index (χ3v) is 5.85. The molecule has 2 aliphatic rings. The molecule has 0 aromatic heterocycles. The highest BCUT2D eigenvalue weighted by Crippen LogP contribution is 2.31. The van der Waals surface area contributed by atoms with Gasteiger partial charge in [0.1, 0.15) is 17.2 Å². The SMILES string of the molecule is COc1cc(OC)cc(C(=O)N2CCN(c3ccc(C(=O)NC4CC4)cc3[N+](=O)[O-])CC2)c1. The van der Waals surface area contributed by atoms with Crippen molar-refractivity contribution < 1.29 is 24.0 Å². The van der Waals surface area contributed by atoms with Gasteiger partial charge in [0.25, 0.3) is 17.5 Å². The van der Waals surface area contributed by atoms with Gasteiger partial charge >= 0.3 is 0 Å². The summed E-state index contributed by atoms with van der Waals surface area (Å²) in [7, 11) is 3.05. The Balaban J connectivity index is 1.46. The van der Waals surface area contributed by atoms with E-state index >= 15 is 0 Å². The fourth-order valence-electron chi connectivity index (χ4n) is 3.84. The summed E-state index contributed by atoms with van der Waals surface area (Å²) in [4.78, 5) is 40.1. The van der Waals surface area contributed by atoms with Gasteiger partial charge < -0.3 is 24.6 Å². The van der Waals surface area contributed by atoms with Crippen molar-refractivity contribution in [2.24, 2.45) is 0 Å². The molecule has 10 nitrogen and oxygen atoms in total. The van der Waals surface area contributed by atoms with E-state index in [1.165, 1.54) is 20.3 Å². The third kappa shape index (κ3) is 5.00. The maximum absolute atomic E-state index is 13.0. The molecule has 0 atom stereocenters. The number of anilines is 1. The largest absolute Gasteiger partial charge is 0.497 e. The number of methoxy groups -OCH3 is 2. The molecule has 0 spiro atoms. The zero-order valence-electron chi connectivity index (χ0n) is 18.6. The molecular weight excluding hydrogens is 428 g/mol. The van der Waals surface area contributed by atoms with E-state index in [0.717, 1.165) is 12.8 Å². The summed E-state index contributed by atoms with van der Waals surface area (Å²) in [5.74, 6) is 0.597. The highest BCUT2D eigenvalue weighted by Gasteiger charge is 2.29. The molecule has 0 unspecified atom stereocenters. The van der Waals surface area contributed by atoms with Gasteiger partial charge in [0, 0.05) is 55.5 Å². The van der Waals surface area contributed by atoms with Gasteiger partial charge in [-0.05, 0) is 37.1 Å². The smallest absolute Gasteiger partial charge is 0.293 e. The summed E-state index contributed by atoms with van der Waals surface area (Å²) in [6.07, 6.45) is 1.88. The van der Waals surface area contributed by atoms with E-state index in [9.17, 15) is 19.7 Å². The second kappa shape index (κ2) is 9.35. The van der Waals surface area contributed by atoms with Gasteiger partial charge in [-0.15, -0.1) is 0 Å². The summed E-state index contributed by atoms with van der Waals surface area (Å²) in [5, 5.41) is 14.6. The summed E-state index contributed by atoms with van der Waals surface area (Å²) in [6, 6.07) is 9.74. The molecule has 0 bridgehead atoms. The first-order valence-corrected chi connectivity index (χ1v) is 10.8. The number of rotatable bonds is 7. The van der Waals surface area contributed by atoms with Crippen molar-refractivity contribution in [1.29, 1.82) is 0 Å². The Bertz CT molecular complexity index is 1050. The van der Waals surface area contributed by atoms with Crippen LogP contribution in [0, 0.1) is 10.1 Å². The summed E-state index contributed by atoms with van der Waals surface area (Å²) in [5.41, 5.74) is 1.06. The first-order chi connectivity index (χ1) is 15.9. The summed E-state index contributed by atoms with van der Waals surface area (Å²) in [6.45, 7) is 1.67. The molecule has 1 aliphatic carbocycles. The Morgan fingerprint density at radius 3 is 2.15 bits per heavy atom. The van der Waals surface area contributed by atoms with E-state index in [4.69, 9.17) is 9.47 Å². The molecule has 2 amide bonds. The molecule has 1 N–H and O–H groups in total. The lowest BCUT2D eigenvalue weighted by Gasteiger charge is -2.36. The number of nitrogens with one attached hydrogen (secondary N) is 1. The number of nitro groups is 1. The molecule has 4 rings (SSSR count). The van der Waals surface area contributed by atoms with Crippen molar-refractivity contribution in [3.8, 4) is 11.5 Å². The number of nitrogens with zero attached hydrogens (tertiary/aromatic N) is 3. The normalized spacial score (nSPS) is 15.7. The number of nitro benzene ring substituents is 1. The van der Waals surface area contributed by atoms with Crippen LogP contribution in [0.4, 0.5) is 11.4 Å². The van der Waals surface area contributed by atoms with Crippen LogP contribution in [0.25, 0.3) is 0 Å². The number of benzene rings is 2. The number of amides is 2. The van der Waals surface area contributed by atoms with Crippen molar-refractivity contribution in [1.82, 2.24) is 10.2 Å². The van der Waals surface area contributed by atoms with Crippen molar-refractivity contribution in [2.75, 3.05) is 45.3 Å². The second-order valence-electron chi connectivity index (χ2n) is 8.09. The van der Waals surface area contributed by atoms with E-state index in [-0.39, 0.29) is 29.1 Å². The maximum Gasteiger partial charge on any atom is 0.293 e. The standard InChI is InChI=1S/C23H26N4O6/c1-32-18-11-16(12-19(14-18)33-2)23(29)26-9-7-25(8-10-26)20-6-3-15(13-21(20)27(30)31)22(28)24-17-4-5-17/h3,6,11-14,17H,4-5,7-10H2,1-2H3,(H,24,28). The van der Waals surface area contributed by atoms with Crippen LogP contribution in [-0.4, -0.2) is 68.1 Å². The fourth-order valence-corrected chi connectivity index (χ4v) is 3.84. The van der Waals surface area contributed by atoms with Gasteiger partial charge in [0.15, 0.2) is 0 Å². The monoisotopic (exact) mass is 454 g/mol. The van der Waals surface area contributed by atoms with Crippen molar-refractivity contribution >= 4 is 23.2 Å². The van der Waals surface area contributed by atoms with Crippen LogP contribution in [0.5, 0.6) is 11.5 Å². The van der Waals surface area contributed by atoms with Gasteiger partial charge in [-0.2, -0.15) is 0 Å². The molecular formula is C23H26N4O6. The van der Waals surface area contributed by atoms with Crippen LogP contribution < -0.4 is 19.7 Å². The lowest BCUT2D eigenvalue weighted by atomic mass is 10.1. The lowest BCUT2D eigenvalue weighted by molar-refractivity contribution is -0.384. The quantitative estimate of drug-likeness (QED) is 0.505. The minimum Gasteiger partial charge on any atom is -0.497 e. The minimum atomic E-state index is -0.469. The van der Waals surface area contributed by atoms with Crippen LogP contribution in [0.1, 0.15) is 33.6 Å². The molecule has 33 heavy (non-hydrogen) atoms. The highest BCUT2D eigenvalue weighted by atomic mass is 16.6. The molecule has 1 aliphatic heterocycles. The number of carbonyl (C=O) groups excluding carboxylic acids is 2. The average molecular weight is 454 g/mol. The van der Waals surface area contributed by atoms with E-state index in [1.54, 1.807) is 35.2 Å². The molecule has 1 saturated heterocycles. The fraction of sp³-hybridized carbons (Fsp3) is 0.391. The molecule has 2 aromatic carbocycles. The van der Waals surface area contributed by atoms with Gasteiger partial charge in [-0.1, -0.05) is 0 Å². The molecule has 10 heteroatoms. The minimum absolute atomic E-state index is 0.115. The number of carbonyl (C=O) groups is 2. The zero-order chi connectivity index (χ0) is 23.5. The number of hydrogen-bond acceptors (Lipinski definition) is 7. The van der Waals surface area contributed by atoms with Crippen LogP contribution in [0.15, 0.2) is 36.4 Å². The molecule has 0 radical (unpaired) electrons. The van der Waals surface area contributed by atoms with Crippen molar-refractivity contribution in [2.45, 2.75) is 18.9 Å². The Morgan fingerprint density at radius 1 is 0.970 bits per heavy atom. The lowest BCUT2D eigenvalue weighted by Crippen LogP contribution is -2.49. The number of hydrogen-bond donors (Lipinski definition) is 1. The molecule has 174 valence electrons. The molecule has 2 aromatic rings. The average Bonchev–Trinajstić information content (AvgIpc) is 3.66. The summed E-state index contributed by atoms with van der Waals surface area (Å²) >= 11 is 0. The van der Waals surface area contributed by atoms with Crippen LogP contribution in [0.2, 0.25) is 0 Å². The molecule has 1 saturated carbocycles. The van der Waals surface area contributed by atoms with E-state index < -0.39 is 4.92 Å². The Kier molecular flexibility index (Phi) is 6.34. The second-order valence-corrected chi connectivity index (χ2v) is 8.09. The number of ether oxygens (including phenoxy) is 2. The number of piperazine rings is 1. The van der Waals surface area contributed by atoms with E-state index in [0.29, 0.717) is 48.9 Å². The van der Waals surface area contributed by atoms with Gasteiger partial charge in [-0.25, -0.2) is 0 Å². The van der Waals surface area contributed by atoms with Gasteiger partial charge in [0.05, 0.1) is 19.1 Å². The molecule has 2 fully saturated rings. The van der Waals surface area contributed by atoms with Gasteiger partial charge in [-0.3, -0.25) is 19.7 Å². The maximum atomic E-state index is 13.0. The Hall–Kier alpha value is -3.82. The zero-order valence-corrected chi connectivity index (χ0v) is 18.6. The first-order valence-electron chi connectivity index (χ1n) is 10.8. The predicted molar refractivity (Wildman–Crippen MR) is 121 cm³/mol. The highest BCUT2D eigenvalue weighted by molar-refractivity contribution is 5.96. The van der Waals surface area contributed by atoms with Crippen molar-refractivity contribution in [3.63, 3.8) is 0 Å². The summed E-state index contributed by atoms with van der Waals surface area (Å²) < 4.78 is 10.5. The Morgan fingerprint density at radius 2 is 1.61 bits per heavy atom. The van der Waals surface area contributed by atoms with Crippen LogP contribution in [0.3, 0.4) is 0 Å². The van der Waals surface area contributed by atoms with Crippen LogP contribution in [-0.2, 0) is 0 Å². The Labute approximate surface area is 191 Å². The van der Waals surface area contributed by atoms with Crippen molar-refractivity contribution in [3.05, 3.63) is 57.6 Å². The third-order valence-electron chi connectivity index (χ3n) is 5.85. The topological polar surface area (TPSA) is 114 Å².